The minimum Gasteiger partial charge on any atom is -0.475 e. The number of nitrogens with one attached hydrogen (secondary N) is 1. The molecule has 1 aromatic heterocycles. The highest BCUT2D eigenvalue weighted by Crippen LogP contribution is 2.33. The number of hydrogen-bond donors (Lipinski definition) is 2. The van der Waals surface area contributed by atoms with Crippen molar-refractivity contribution in [1.82, 2.24) is 15.2 Å². The first kappa shape index (κ1) is 24.5. The number of methoxy groups -OCH3 is 1. The van der Waals surface area contributed by atoms with Crippen LogP contribution in [0.2, 0.25) is 0 Å². The summed E-state index contributed by atoms with van der Waals surface area (Å²) in [5.41, 5.74) is 1.14. The molecule has 0 aromatic carbocycles. The highest BCUT2D eigenvalue weighted by Gasteiger charge is 2.41. The Morgan fingerprint density at radius 3 is 2.73 bits per heavy atom. The number of aromatic nitrogens is 1. The highest BCUT2D eigenvalue weighted by molar-refractivity contribution is 7.09. The molecule has 30 heavy (non-hydrogen) atoms. The van der Waals surface area contributed by atoms with Gasteiger partial charge in [-0.3, -0.25) is 9.69 Å². The molecule has 2 aliphatic rings. The standard InChI is InChI=1S/C16H25N3O3S.C2HF3O2/c1-11-18-13(10-23-11)8-19-5-3-12-7-14(22-15(12)9-19)16(20)17-4-6-21-2;3-2(4,5)1(6)7/h10,12,14-15H,3-9H2,1-2H3,(H,17,20);(H,6,7)/t12-,14+,15-;/m0./s1. The number of aliphatic carboxylic acids is 1. The van der Waals surface area contributed by atoms with E-state index in [2.05, 4.69) is 20.6 Å². The van der Waals surface area contributed by atoms with Gasteiger partial charge >= 0.3 is 12.1 Å². The van der Waals surface area contributed by atoms with E-state index in [0.717, 1.165) is 43.2 Å². The van der Waals surface area contributed by atoms with Crippen LogP contribution in [-0.2, 0) is 25.6 Å². The number of thiazole rings is 1. The van der Waals surface area contributed by atoms with E-state index < -0.39 is 12.1 Å². The zero-order chi connectivity index (χ0) is 22.3. The number of amides is 1. The summed E-state index contributed by atoms with van der Waals surface area (Å²) < 4.78 is 42.7. The zero-order valence-electron chi connectivity index (χ0n) is 16.8. The van der Waals surface area contributed by atoms with E-state index >= 15 is 0 Å². The van der Waals surface area contributed by atoms with Crippen LogP contribution >= 0.6 is 11.3 Å². The number of aryl methyl sites for hydroxylation is 1. The fourth-order valence-corrected chi connectivity index (χ4v) is 4.01. The van der Waals surface area contributed by atoms with Gasteiger partial charge in [0.2, 0.25) is 5.91 Å². The molecule has 0 unspecified atom stereocenters. The summed E-state index contributed by atoms with van der Waals surface area (Å²) in [6, 6.07) is 0. The molecule has 0 saturated carbocycles. The van der Waals surface area contributed by atoms with Gasteiger partial charge in [0.1, 0.15) is 6.10 Å². The van der Waals surface area contributed by atoms with E-state index in [0.29, 0.717) is 19.1 Å². The molecule has 0 spiro atoms. The van der Waals surface area contributed by atoms with Crippen LogP contribution in [0.5, 0.6) is 0 Å². The molecule has 2 saturated heterocycles. The van der Waals surface area contributed by atoms with Gasteiger partial charge in [0, 0.05) is 32.1 Å². The van der Waals surface area contributed by atoms with Crippen molar-refractivity contribution in [1.29, 1.82) is 0 Å². The number of carboxylic acids is 1. The lowest BCUT2D eigenvalue weighted by atomic mass is 9.91. The van der Waals surface area contributed by atoms with Gasteiger partial charge in [-0.05, 0) is 32.2 Å². The molecule has 1 aromatic rings. The fraction of sp³-hybridized carbons (Fsp3) is 0.722. The monoisotopic (exact) mass is 453 g/mol. The van der Waals surface area contributed by atoms with Crippen LogP contribution in [0, 0.1) is 12.8 Å². The number of fused-ring (bicyclic) bond motifs is 1. The lowest BCUT2D eigenvalue weighted by Crippen LogP contribution is -2.42. The Labute approximate surface area is 176 Å². The average Bonchev–Trinajstić information content (AvgIpc) is 3.27. The number of piperidine rings is 1. The van der Waals surface area contributed by atoms with Crippen LogP contribution in [0.15, 0.2) is 5.38 Å². The van der Waals surface area contributed by atoms with Crippen LogP contribution in [0.1, 0.15) is 23.5 Å². The summed E-state index contributed by atoms with van der Waals surface area (Å²) in [6.45, 7) is 5.93. The Balaban J connectivity index is 0.000000396. The second-order valence-electron chi connectivity index (χ2n) is 7.13. The van der Waals surface area contributed by atoms with E-state index in [1.165, 1.54) is 0 Å². The third-order valence-corrected chi connectivity index (χ3v) is 5.65. The first-order chi connectivity index (χ1) is 14.1. The molecule has 1 amide bonds. The number of hydrogen-bond acceptors (Lipinski definition) is 7. The number of carboxylic acid groups (broad SMARTS) is 1. The van der Waals surface area contributed by atoms with Crippen molar-refractivity contribution in [3.8, 4) is 0 Å². The van der Waals surface area contributed by atoms with Gasteiger partial charge in [0.25, 0.3) is 0 Å². The largest absolute Gasteiger partial charge is 0.490 e. The van der Waals surface area contributed by atoms with Crippen molar-refractivity contribution in [2.75, 3.05) is 33.4 Å². The van der Waals surface area contributed by atoms with Gasteiger partial charge in [-0.1, -0.05) is 0 Å². The third kappa shape index (κ3) is 7.49. The summed E-state index contributed by atoms with van der Waals surface area (Å²) in [7, 11) is 1.63. The average molecular weight is 453 g/mol. The van der Waals surface area contributed by atoms with E-state index in [1.54, 1.807) is 18.4 Å². The number of ether oxygens (including phenoxy) is 2. The van der Waals surface area contributed by atoms with Gasteiger partial charge in [-0.15, -0.1) is 11.3 Å². The lowest BCUT2D eigenvalue weighted by Gasteiger charge is -2.33. The van der Waals surface area contributed by atoms with Gasteiger partial charge in [-0.2, -0.15) is 13.2 Å². The molecule has 0 aliphatic carbocycles. The van der Waals surface area contributed by atoms with Crippen molar-refractivity contribution < 1.29 is 37.3 Å². The molecule has 2 aliphatic heterocycles. The van der Waals surface area contributed by atoms with Crippen LogP contribution in [0.25, 0.3) is 0 Å². The maximum atomic E-state index is 12.1. The molecule has 8 nitrogen and oxygen atoms in total. The summed E-state index contributed by atoms with van der Waals surface area (Å²) in [6.07, 6.45) is -3.28. The van der Waals surface area contributed by atoms with E-state index in [1.807, 2.05) is 6.92 Å². The smallest absolute Gasteiger partial charge is 0.475 e. The van der Waals surface area contributed by atoms with E-state index in [-0.39, 0.29) is 18.1 Å². The SMILES string of the molecule is COCCNC(=O)[C@H]1C[C@@H]2CCN(Cc3csc(C)n3)C[C@@H]2O1.O=C(O)C(F)(F)F. The maximum absolute atomic E-state index is 12.1. The van der Waals surface area contributed by atoms with Crippen LogP contribution in [-0.4, -0.2) is 78.6 Å². The fourth-order valence-electron chi connectivity index (χ4n) is 3.41. The van der Waals surface area contributed by atoms with Crippen molar-refractivity contribution in [2.45, 2.75) is 44.7 Å². The molecule has 2 fully saturated rings. The second kappa shape index (κ2) is 11.0. The van der Waals surface area contributed by atoms with Crippen molar-refractivity contribution in [3.63, 3.8) is 0 Å². The minimum absolute atomic E-state index is 0.00174. The number of halogens is 3. The number of carbonyl (C=O) groups is 2. The predicted octanol–water partition coefficient (Wildman–Crippen LogP) is 1.83. The first-order valence-corrected chi connectivity index (χ1v) is 10.3. The molecular weight excluding hydrogens is 427 g/mol. The Hall–Kier alpha value is -1.76. The van der Waals surface area contributed by atoms with Gasteiger partial charge in [0.05, 0.1) is 23.4 Å². The van der Waals surface area contributed by atoms with E-state index in [9.17, 15) is 18.0 Å². The van der Waals surface area contributed by atoms with Crippen molar-refractivity contribution >= 4 is 23.2 Å². The summed E-state index contributed by atoms with van der Waals surface area (Å²) in [5, 5.41) is 13.2. The normalized spacial score (nSPS) is 24.0. The van der Waals surface area contributed by atoms with Crippen molar-refractivity contribution in [2.24, 2.45) is 5.92 Å². The number of likely N-dealkylation sites (tertiary alicyclic amines) is 1. The summed E-state index contributed by atoms with van der Waals surface area (Å²) >= 11 is 1.69. The Morgan fingerprint density at radius 1 is 1.47 bits per heavy atom. The Morgan fingerprint density at radius 2 is 2.17 bits per heavy atom. The minimum atomic E-state index is -5.08. The third-order valence-electron chi connectivity index (χ3n) is 4.83. The molecule has 0 radical (unpaired) electrons. The second-order valence-corrected chi connectivity index (χ2v) is 8.19. The first-order valence-electron chi connectivity index (χ1n) is 9.45. The molecular formula is C18H26F3N3O5S. The summed E-state index contributed by atoms with van der Waals surface area (Å²) in [4.78, 5) is 27.9. The van der Waals surface area contributed by atoms with Gasteiger partial charge in [-0.25, -0.2) is 9.78 Å². The highest BCUT2D eigenvalue weighted by atomic mass is 32.1. The van der Waals surface area contributed by atoms with Gasteiger partial charge in [0.15, 0.2) is 0 Å². The topological polar surface area (TPSA) is 101 Å². The number of alkyl halides is 3. The van der Waals surface area contributed by atoms with Gasteiger partial charge < -0.3 is 19.9 Å². The molecule has 12 heteroatoms. The van der Waals surface area contributed by atoms with Crippen LogP contribution < -0.4 is 5.32 Å². The quantitative estimate of drug-likeness (QED) is 0.634. The maximum Gasteiger partial charge on any atom is 0.490 e. The summed E-state index contributed by atoms with van der Waals surface area (Å²) in [5.74, 6) is -2.26. The molecule has 170 valence electrons. The van der Waals surface area contributed by atoms with E-state index in [4.69, 9.17) is 19.4 Å². The Bertz CT molecular complexity index is 715. The number of nitrogens with zero attached hydrogens (tertiary/aromatic N) is 2. The van der Waals surface area contributed by atoms with Crippen molar-refractivity contribution in [3.05, 3.63) is 16.1 Å². The lowest BCUT2D eigenvalue weighted by molar-refractivity contribution is -0.192. The van der Waals surface area contributed by atoms with Crippen LogP contribution in [0.3, 0.4) is 0 Å². The Kier molecular flexibility index (Phi) is 9.01. The molecule has 3 heterocycles. The van der Waals surface area contributed by atoms with Crippen LogP contribution in [0.4, 0.5) is 13.2 Å². The predicted molar refractivity (Wildman–Crippen MR) is 102 cm³/mol. The zero-order valence-corrected chi connectivity index (χ0v) is 17.6. The molecule has 3 atom stereocenters. The molecule has 3 rings (SSSR count). The number of rotatable bonds is 6. The number of carbonyl (C=O) groups excluding carboxylic acids is 1. The molecule has 0 bridgehead atoms. The molecule has 2 N–H and O–H groups in total.